The summed E-state index contributed by atoms with van der Waals surface area (Å²) in [6.45, 7) is 19.8. The average Bonchev–Trinajstić information content (AvgIpc) is 2.51. The van der Waals surface area contributed by atoms with E-state index in [9.17, 15) is 22.1 Å². The summed E-state index contributed by atoms with van der Waals surface area (Å²) in [6.07, 6.45) is 4.75. The Bertz CT molecular complexity index is 248. The van der Waals surface area contributed by atoms with E-state index in [1.807, 2.05) is 6.92 Å². The number of hydrogen-bond acceptors (Lipinski definition) is 2. The molecule has 0 aromatic heterocycles. The van der Waals surface area contributed by atoms with Gasteiger partial charge in [0.05, 0.1) is 13.5 Å². The van der Waals surface area contributed by atoms with Crippen LogP contribution in [0.1, 0.15) is 6.92 Å². The number of unbranched alkanes of at least 4 members (excludes halogenated alkanes) is 1. The first-order valence-electron chi connectivity index (χ1n) is 4.04. The summed E-state index contributed by atoms with van der Waals surface area (Å²) in [6, 6.07) is 0. The Labute approximate surface area is 136 Å². The van der Waals surface area contributed by atoms with Crippen LogP contribution in [0.4, 0.5) is 17.3 Å². The van der Waals surface area contributed by atoms with Gasteiger partial charge < -0.3 is 22.0 Å². The number of ether oxygens (including phenoxy) is 1. The Hall–Kier alpha value is -1.27. The molecule has 22 heavy (non-hydrogen) atoms. The molecule has 12 heteroatoms. The maximum absolute atomic E-state index is 10.2. The predicted octanol–water partition coefficient (Wildman–Crippen LogP) is 1.94. The molecule has 0 aliphatic heterocycles. The minimum absolute atomic E-state index is 0. The fourth-order valence-corrected chi connectivity index (χ4v) is 0.243. The molecule has 0 saturated carbocycles. The second-order valence-corrected chi connectivity index (χ2v) is 1.71. The molecule has 0 aliphatic carbocycles. The van der Waals surface area contributed by atoms with Gasteiger partial charge in [0, 0.05) is 0 Å². The van der Waals surface area contributed by atoms with Gasteiger partial charge in [-0.25, -0.2) is 0 Å². The Morgan fingerprint density at radius 1 is 0.955 bits per heavy atom. The number of halogens is 4. The van der Waals surface area contributed by atoms with Crippen LogP contribution in [0.2, 0.25) is 0 Å². The van der Waals surface area contributed by atoms with Gasteiger partial charge in [0.1, 0.15) is 0 Å². The largest absolute Gasteiger partial charge is 2.00 e. The topological polar surface area (TPSA) is 106 Å². The first-order chi connectivity index (χ1) is 9.81. The molecule has 0 aliphatic rings. The normalized spacial score (nSPS) is 6.27. The van der Waals surface area contributed by atoms with Crippen LogP contribution in [-0.4, -0.2) is 20.3 Å². The molecule has 0 aromatic carbocycles. The molecule has 0 bridgehead atoms. The molecule has 0 rings (SSSR count). The third-order valence-electron chi connectivity index (χ3n) is 0.626. The first kappa shape index (κ1) is 42.8. The standard InChI is InChI=1S/C6H9O2.4CO.BF4.Fe/c1-3-4-5-6(7)8-2;4*1-2;2-1(3,4)5;/h3-5H,1-2H3;;;;;;/q;;;;;-1;+2. The van der Waals surface area contributed by atoms with Gasteiger partial charge in [-0.3, -0.25) is 4.79 Å². The number of methoxy groups -OCH3 is 1. The monoisotopic (exact) mass is 368 g/mol. The molecule has 0 amide bonds. The van der Waals surface area contributed by atoms with E-state index in [1.54, 1.807) is 12.8 Å². The van der Waals surface area contributed by atoms with Crippen LogP contribution in [0, 0.1) is 45.9 Å². The van der Waals surface area contributed by atoms with Crippen LogP contribution >= 0.6 is 0 Å². The van der Waals surface area contributed by atoms with Gasteiger partial charge in [0.2, 0.25) is 0 Å². The molecule has 0 N–H and O–H groups in total. The van der Waals surface area contributed by atoms with Gasteiger partial charge in [0.25, 0.3) is 0 Å². The molecule has 0 spiro atoms. The minimum atomic E-state index is -6.00. The maximum Gasteiger partial charge on any atom is 2.00 e. The van der Waals surface area contributed by atoms with E-state index >= 15 is 0 Å². The van der Waals surface area contributed by atoms with Gasteiger partial charge in [0.15, 0.2) is 0 Å². The van der Waals surface area contributed by atoms with Crippen molar-refractivity contribution in [3.63, 3.8) is 0 Å². The SMILES string of the molecule is C[CH][CH][CH]C(=O)OC.F[B-](F)(F)F.[C-]#[O+].[C-]#[O+].[C-]#[O+].[C-]#[O+].[Fe+2]. The van der Waals surface area contributed by atoms with Crippen LogP contribution < -0.4 is 0 Å². The van der Waals surface area contributed by atoms with E-state index in [-0.39, 0.29) is 23.0 Å². The van der Waals surface area contributed by atoms with Gasteiger partial charge in [-0.1, -0.05) is 6.92 Å². The quantitative estimate of drug-likeness (QED) is 0.250. The summed E-state index contributed by atoms with van der Waals surface area (Å²) in [5.41, 5.74) is 0. The van der Waals surface area contributed by atoms with E-state index in [0.29, 0.717) is 0 Å². The third-order valence-corrected chi connectivity index (χ3v) is 0.626. The molecular formula is C10H9BF4FeO6+. The summed E-state index contributed by atoms with van der Waals surface area (Å²) >= 11 is 0. The van der Waals surface area contributed by atoms with Crippen molar-refractivity contribution in [3.8, 4) is 0 Å². The second kappa shape index (κ2) is 50.3. The maximum atomic E-state index is 10.2. The molecule has 0 atom stereocenters. The van der Waals surface area contributed by atoms with Crippen LogP contribution in [0.25, 0.3) is 0 Å². The molecule has 0 fully saturated rings. The van der Waals surface area contributed by atoms with Crippen LogP contribution in [0.3, 0.4) is 0 Å². The van der Waals surface area contributed by atoms with Gasteiger partial charge in [-0.15, -0.1) is 0 Å². The Morgan fingerprint density at radius 3 is 1.32 bits per heavy atom. The van der Waals surface area contributed by atoms with Crippen molar-refractivity contribution in [2.24, 2.45) is 0 Å². The Kier molecular flexibility index (Phi) is 97.9. The van der Waals surface area contributed by atoms with Crippen LogP contribution in [0.5, 0.6) is 0 Å². The van der Waals surface area contributed by atoms with Crippen molar-refractivity contribution >= 4 is 13.2 Å². The van der Waals surface area contributed by atoms with Crippen molar-refractivity contribution in [3.05, 3.63) is 45.9 Å². The Balaban J connectivity index is -0.0000000281. The number of esters is 1. The molecular weight excluding hydrogens is 359 g/mol. The zero-order valence-electron chi connectivity index (χ0n) is 11.1. The van der Waals surface area contributed by atoms with E-state index in [1.165, 1.54) is 13.5 Å². The molecule has 6 nitrogen and oxygen atoms in total. The zero-order valence-corrected chi connectivity index (χ0v) is 12.2. The minimum Gasteiger partial charge on any atom is 2.00 e. The van der Waals surface area contributed by atoms with E-state index < -0.39 is 7.25 Å². The average molecular weight is 368 g/mol. The van der Waals surface area contributed by atoms with Crippen molar-refractivity contribution < 1.29 is 62.5 Å². The molecule has 123 valence electrons. The fourth-order valence-electron chi connectivity index (χ4n) is 0.243. The number of rotatable bonds is 3. The van der Waals surface area contributed by atoms with E-state index in [4.69, 9.17) is 18.6 Å². The molecule has 3 radical (unpaired) electrons. The third kappa shape index (κ3) is 263. The molecule has 0 heterocycles. The van der Waals surface area contributed by atoms with Gasteiger partial charge in [-0.2, -0.15) is 0 Å². The number of carbonyl (C=O) groups is 1. The Morgan fingerprint density at radius 2 is 1.18 bits per heavy atom. The predicted molar refractivity (Wildman–Crippen MR) is 56.5 cm³/mol. The first-order valence-corrected chi connectivity index (χ1v) is 4.04. The smallest absolute Gasteiger partial charge is 2.00 e. The number of carbonyl (C=O) groups excluding carboxylic acids is 1. The fraction of sp³-hybridized carbons (Fsp3) is 0.200. The van der Waals surface area contributed by atoms with Crippen molar-refractivity contribution in [1.82, 2.24) is 0 Å². The summed E-state index contributed by atoms with van der Waals surface area (Å²) < 4.78 is 73.3. The summed E-state index contributed by atoms with van der Waals surface area (Å²) in [4.78, 5) is 10.2. The second-order valence-electron chi connectivity index (χ2n) is 1.71. The van der Waals surface area contributed by atoms with E-state index in [2.05, 4.69) is 31.3 Å². The number of hydrogen-bond donors (Lipinski definition) is 0. The van der Waals surface area contributed by atoms with Crippen molar-refractivity contribution in [1.29, 1.82) is 0 Å². The van der Waals surface area contributed by atoms with Crippen LogP contribution in [-0.2, 0) is 45.2 Å². The molecule has 0 saturated heterocycles. The molecule has 0 aromatic rings. The van der Waals surface area contributed by atoms with Crippen LogP contribution in [0.15, 0.2) is 0 Å². The summed E-state index contributed by atoms with van der Waals surface area (Å²) in [5.74, 6) is -0.317. The van der Waals surface area contributed by atoms with Crippen molar-refractivity contribution in [2.45, 2.75) is 6.92 Å². The van der Waals surface area contributed by atoms with Gasteiger partial charge in [-0.05, 0) is 12.8 Å². The van der Waals surface area contributed by atoms with Crippen molar-refractivity contribution in [2.75, 3.05) is 7.11 Å². The zero-order chi connectivity index (χ0) is 18.9. The van der Waals surface area contributed by atoms with E-state index in [0.717, 1.165) is 0 Å². The molecule has 0 unspecified atom stereocenters. The summed E-state index contributed by atoms with van der Waals surface area (Å²) in [5, 5.41) is 0. The summed E-state index contributed by atoms with van der Waals surface area (Å²) in [7, 11) is -4.65. The van der Waals surface area contributed by atoms with Gasteiger partial charge >= 0.3 is 75.5 Å².